The number of nitrogens with one attached hydrogen (secondary N) is 1. The third-order valence-electron chi connectivity index (χ3n) is 3.59. The van der Waals surface area contributed by atoms with Gasteiger partial charge in [0.1, 0.15) is 5.75 Å². The summed E-state index contributed by atoms with van der Waals surface area (Å²) in [7, 11) is 1.86. The van der Waals surface area contributed by atoms with Crippen molar-refractivity contribution in [1.82, 2.24) is 5.32 Å². The number of aryl methyl sites for hydroxylation is 1. The van der Waals surface area contributed by atoms with E-state index in [1.54, 1.807) is 0 Å². The number of hydrogen-bond acceptors (Lipinski definition) is 4. The monoisotopic (exact) mass is 314 g/mol. The molecule has 2 unspecified atom stereocenters. The second-order valence-corrected chi connectivity index (χ2v) is 5.80. The van der Waals surface area contributed by atoms with Gasteiger partial charge in [-0.05, 0) is 57.5 Å². The number of benzene rings is 1. The molecule has 1 aromatic rings. The molecule has 0 saturated carbocycles. The Morgan fingerprint density at radius 1 is 1.43 bits per heavy atom. The molecule has 0 saturated heterocycles. The molecule has 5 heteroatoms. The quantitative estimate of drug-likeness (QED) is 0.690. The molecule has 0 bridgehead atoms. The molecule has 120 valence electrons. The van der Waals surface area contributed by atoms with Gasteiger partial charge in [-0.1, -0.05) is 18.5 Å². The van der Waals surface area contributed by atoms with E-state index in [-0.39, 0.29) is 6.04 Å². The third-order valence-corrected chi connectivity index (χ3v) is 3.98. The lowest BCUT2D eigenvalue weighted by Crippen LogP contribution is -2.32. The lowest BCUT2D eigenvalue weighted by Gasteiger charge is -2.25. The van der Waals surface area contributed by atoms with E-state index in [2.05, 4.69) is 5.32 Å². The number of aliphatic hydroxyl groups excluding tert-OH is 1. The molecule has 0 amide bonds. The second-order valence-electron chi connectivity index (χ2n) is 5.39. The number of aliphatic hydroxyl groups is 1. The molecule has 4 N–H and O–H groups in total. The Labute approximate surface area is 132 Å². The minimum Gasteiger partial charge on any atom is -0.493 e. The molecule has 0 aromatic heterocycles. The molecule has 0 radical (unpaired) electrons. The van der Waals surface area contributed by atoms with Gasteiger partial charge < -0.3 is 20.9 Å². The first-order valence-corrected chi connectivity index (χ1v) is 7.82. The smallest absolute Gasteiger partial charge is 0.128 e. The van der Waals surface area contributed by atoms with E-state index in [4.69, 9.17) is 22.1 Å². The number of rotatable bonds is 8. The molecular weight excluding hydrogens is 288 g/mol. The third kappa shape index (κ3) is 4.58. The van der Waals surface area contributed by atoms with Crippen molar-refractivity contribution in [3.8, 4) is 5.75 Å². The van der Waals surface area contributed by atoms with Gasteiger partial charge in [0.25, 0.3) is 0 Å². The number of ether oxygens (including phenoxy) is 1. The summed E-state index contributed by atoms with van der Waals surface area (Å²) in [4.78, 5) is 0. The predicted molar refractivity (Wildman–Crippen MR) is 88.2 cm³/mol. The zero-order chi connectivity index (χ0) is 16.0. The zero-order valence-electron chi connectivity index (χ0n) is 13.4. The maximum absolute atomic E-state index is 10.6. The minimum absolute atomic E-state index is 0.363. The van der Waals surface area contributed by atoms with Gasteiger partial charge in [-0.3, -0.25) is 0 Å². The fourth-order valence-corrected chi connectivity index (χ4v) is 2.58. The average Bonchev–Trinajstić information content (AvgIpc) is 2.46. The SMILES string of the molecule is CCCOc1c(C)cc(Cl)c(C)c1C(O)C(N)CCNC. The van der Waals surface area contributed by atoms with Gasteiger partial charge in [0.2, 0.25) is 0 Å². The lowest BCUT2D eigenvalue weighted by atomic mass is 9.93. The summed E-state index contributed by atoms with van der Waals surface area (Å²) in [5.41, 5.74) is 8.59. The summed E-state index contributed by atoms with van der Waals surface area (Å²) in [6.45, 7) is 7.23. The van der Waals surface area contributed by atoms with Crippen LogP contribution in [-0.2, 0) is 0 Å². The average molecular weight is 315 g/mol. The highest BCUT2D eigenvalue weighted by molar-refractivity contribution is 6.31. The highest BCUT2D eigenvalue weighted by Crippen LogP contribution is 2.37. The molecule has 0 fully saturated rings. The van der Waals surface area contributed by atoms with E-state index in [0.717, 1.165) is 29.7 Å². The maximum atomic E-state index is 10.6. The van der Waals surface area contributed by atoms with Crippen molar-refractivity contribution in [1.29, 1.82) is 0 Å². The van der Waals surface area contributed by atoms with Crippen LogP contribution in [-0.4, -0.2) is 31.3 Å². The van der Waals surface area contributed by atoms with Crippen LogP contribution in [0.3, 0.4) is 0 Å². The van der Waals surface area contributed by atoms with Crippen LogP contribution in [0.1, 0.15) is 42.6 Å². The van der Waals surface area contributed by atoms with Gasteiger partial charge in [-0.15, -0.1) is 0 Å². The van der Waals surface area contributed by atoms with Crippen molar-refractivity contribution in [3.63, 3.8) is 0 Å². The number of nitrogens with two attached hydrogens (primary N) is 1. The Hall–Kier alpha value is -0.810. The summed E-state index contributed by atoms with van der Waals surface area (Å²) < 4.78 is 5.84. The van der Waals surface area contributed by atoms with Gasteiger partial charge in [-0.2, -0.15) is 0 Å². The molecule has 0 aliphatic rings. The number of halogens is 1. The molecule has 4 nitrogen and oxygen atoms in total. The molecule has 0 heterocycles. The van der Waals surface area contributed by atoms with Crippen LogP contribution in [0.2, 0.25) is 5.02 Å². The van der Waals surface area contributed by atoms with Crippen molar-refractivity contribution in [3.05, 3.63) is 27.8 Å². The Morgan fingerprint density at radius 3 is 2.67 bits per heavy atom. The van der Waals surface area contributed by atoms with Gasteiger partial charge in [0.15, 0.2) is 0 Å². The van der Waals surface area contributed by atoms with Crippen molar-refractivity contribution in [2.45, 2.75) is 45.8 Å². The fourth-order valence-electron chi connectivity index (χ4n) is 2.31. The van der Waals surface area contributed by atoms with Crippen molar-refractivity contribution in [2.75, 3.05) is 20.2 Å². The van der Waals surface area contributed by atoms with Crippen LogP contribution in [0, 0.1) is 13.8 Å². The molecule has 21 heavy (non-hydrogen) atoms. The second kappa shape index (κ2) is 8.59. The summed E-state index contributed by atoms with van der Waals surface area (Å²) in [6.07, 6.45) is 0.792. The largest absolute Gasteiger partial charge is 0.493 e. The summed E-state index contributed by atoms with van der Waals surface area (Å²) in [5.74, 6) is 0.714. The maximum Gasteiger partial charge on any atom is 0.128 e. The Bertz CT molecular complexity index is 466. The van der Waals surface area contributed by atoms with Crippen molar-refractivity contribution in [2.24, 2.45) is 5.73 Å². The van der Waals surface area contributed by atoms with Crippen LogP contribution in [0.15, 0.2) is 6.07 Å². The standard InChI is InChI=1S/C16H27ClN2O2/c1-5-8-21-16-10(2)9-12(17)11(3)14(16)15(20)13(18)6-7-19-4/h9,13,15,19-20H,5-8,18H2,1-4H3. The van der Waals surface area contributed by atoms with Gasteiger partial charge >= 0.3 is 0 Å². The predicted octanol–water partition coefficient (Wildman–Crippen LogP) is 2.72. The van der Waals surface area contributed by atoms with Gasteiger partial charge in [-0.25, -0.2) is 0 Å². The van der Waals surface area contributed by atoms with E-state index < -0.39 is 6.10 Å². The van der Waals surface area contributed by atoms with E-state index in [9.17, 15) is 5.11 Å². The van der Waals surface area contributed by atoms with E-state index >= 15 is 0 Å². The minimum atomic E-state index is -0.789. The fraction of sp³-hybridized carbons (Fsp3) is 0.625. The molecular formula is C16H27ClN2O2. The highest BCUT2D eigenvalue weighted by atomic mass is 35.5. The Morgan fingerprint density at radius 2 is 2.10 bits per heavy atom. The van der Waals surface area contributed by atoms with Crippen LogP contribution < -0.4 is 15.8 Å². The normalized spacial score (nSPS) is 14.0. The molecule has 2 atom stereocenters. The van der Waals surface area contributed by atoms with Crippen molar-refractivity contribution >= 4 is 11.6 Å². The Kier molecular flexibility index (Phi) is 7.46. The first-order valence-electron chi connectivity index (χ1n) is 7.44. The lowest BCUT2D eigenvalue weighted by molar-refractivity contribution is 0.136. The first kappa shape index (κ1) is 18.2. The topological polar surface area (TPSA) is 67.5 Å². The molecule has 0 aliphatic heterocycles. The van der Waals surface area contributed by atoms with Crippen LogP contribution in [0.5, 0.6) is 5.75 Å². The highest BCUT2D eigenvalue weighted by Gasteiger charge is 2.25. The van der Waals surface area contributed by atoms with Crippen LogP contribution in [0.25, 0.3) is 0 Å². The summed E-state index contributed by atoms with van der Waals surface area (Å²) in [6, 6.07) is 1.51. The zero-order valence-corrected chi connectivity index (χ0v) is 14.1. The van der Waals surface area contributed by atoms with Gasteiger partial charge in [0.05, 0.1) is 12.7 Å². The van der Waals surface area contributed by atoms with Gasteiger partial charge in [0, 0.05) is 16.6 Å². The Balaban J connectivity index is 3.17. The van der Waals surface area contributed by atoms with Crippen molar-refractivity contribution < 1.29 is 9.84 Å². The van der Waals surface area contributed by atoms with Crippen LogP contribution in [0.4, 0.5) is 0 Å². The molecule has 1 rings (SSSR count). The summed E-state index contributed by atoms with van der Waals surface area (Å²) >= 11 is 6.26. The van der Waals surface area contributed by atoms with E-state index in [0.29, 0.717) is 23.8 Å². The molecule has 0 spiro atoms. The van der Waals surface area contributed by atoms with Crippen LogP contribution >= 0.6 is 11.6 Å². The summed E-state index contributed by atoms with van der Waals surface area (Å²) in [5, 5.41) is 14.3. The van der Waals surface area contributed by atoms with E-state index in [1.807, 2.05) is 33.9 Å². The number of hydrogen-bond donors (Lipinski definition) is 3. The first-order chi connectivity index (χ1) is 9.93. The van der Waals surface area contributed by atoms with E-state index in [1.165, 1.54) is 0 Å². The molecule has 1 aromatic carbocycles. The molecule has 0 aliphatic carbocycles.